The van der Waals surface area contributed by atoms with E-state index in [4.69, 9.17) is 5.73 Å². The number of fused-ring (bicyclic) bond motifs is 1. The van der Waals surface area contributed by atoms with Gasteiger partial charge < -0.3 is 5.73 Å². The topological polar surface area (TPSA) is 63.6 Å². The molecule has 2 unspecified atom stereocenters. The van der Waals surface area contributed by atoms with E-state index in [9.17, 15) is 4.79 Å². The maximum absolute atomic E-state index is 12.3. The summed E-state index contributed by atoms with van der Waals surface area (Å²) in [4.78, 5) is 19.4. The first-order valence-electron chi connectivity index (χ1n) is 10.1. The van der Waals surface area contributed by atoms with Gasteiger partial charge in [-0.05, 0) is 62.6 Å². The maximum Gasteiger partial charge on any atom is 0.258 e. The standard InChI is InChI=1S/C21H30N4O/c22-19(17-7-1-2-8-17)12-16-6-5-10-24(14-16)15-18-13-21(26)25-11-4-3-9-20(25)23-18/h3-4,9,11,13,16-17,19H,1-2,5-8,10,12,14-15,22H2. The minimum atomic E-state index is 0.00224. The van der Waals surface area contributed by atoms with Crippen LogP contribution < -0.4 is 11.3 Å². The molecule has 2 N–H and O–H groups in total. The SMILES string of the molecule is NC(CC1CCCN(Cc2cc(=O)n3ccccc3n2)C1)C1CCCC1. The maximum atomic E-state index is 12.3. The van der Waals surface area contributed by atoms with Gasteiger partial charge in [0.1, 0.15) is 5.65 Å². The number of rotatable bonds is 5. The van der Waals surface area contributed by atoms with Crippen molar-refractivity contribution in [2.24, 2.45) is 17.6 Å². The predicted octanol–water partition coefficient (Wildman–Crippen LogP) is 2.81. The third-order valence-electron chi connectivity index (χ3n) is 6.22. The summed E-state index contributed by atoms with van der Waals surface area (Å²) in [5.74, 6) is 1.42. The molecule has 3 heterocycles. The van der Waals surface area contributed by atoms with Crippen LogP contribution in [0.1, 0.15) is 50.6 Å². The molecule has 5 heteroatoms. The summed E-state index contributed by atoms with van der Waals surface area (Å²) in [6, 6.07) is 7.72. The van der Waals surface area contributed by atoms with Crippen LogP contribution in [0.5, 0.6) is 0 Å². The van der Waals surface area contributed by atoms with Crippen LogP contribution in [0.15, 0.2) is 35.3 Å². The van der Waals surface area contributed by atoms with Gasteiger partial charge in [-0.15, -0.1) is 0 Å². The smallest absolute Gasteiger partial charge is 0.258 e. The molecule has 2 fully saturated rings. The number of aromatic nitrogens is 2. The number of hydrogen-bond donors (Lipinski definition) is 1. The normalized spacial score (nSPS) is 23.5. The van der Waals surface area contributed by atoms with Crippen molar-refractivity contribution in [2.45, 2.75) is 57.5 Å². The molecule has 2 aliphatic rings. The van der Waals surface area contributed by atoms with E-state index in [-0.39, 0.29) is 5.56 Å². The first-order chi connectivity index (χ1) is 12.7. The molecule has 0 bridgehead atoms. The Labute approximate surface area is 155 Å². The van der Waals surface area contributed by atoms with Gasteiger partial charge in [0, 0.05) is 31.4 Å². The van der Waals surface area contributed by atoms with Crippen LogP contribution in [-0.4, -0.2) is 33.4 Å². The quantitative estimate of drug-likeness (QED) is 0.897. The molecule has 5 nitrogen and oxygen atoms in total. The number of pyridine rings is 1. The number of hydrogen-bond acceptors (Lipinski definition) is 4. The average molecular weight is 354 g/mol. The Balaban J connectivity index is 1.39. The summed E-state index contributed by atoms with van der Waals surface area (Å²) >= 11 is 0. The molecule has 0 radical (unpaired) electrons. The van der Waals surface area contributed by atoms with E-state index in [0.717, 1.165) is 43.3 Å². The fraction of sp³-hybridized carbons (Fsp3) is 0.619. The number of nitrogens with zero attached hydrogens (tertiary/aromatic N) is 3. The first-order valence-corrected chi connectivity index (χ1v) is 10.1. The molecule has 26 heavy (non-hydrogen) atoms. The predicted molar refractivity (Wildman–Crippen MR) is 104 cm³/mol. The van der Waals surface area contributed by atoms with Gasteiger partial charge in [0.25, 0.3) is 5.56 Å². The van der Waals surface area contributed by atoms with Crippen LogP contribution in [0.4, 0.5) is 0 Å². The third-order valence-corrected chi connectivity index (χ3v) is 6.22. The zero-order chi connectivity index (χ0) is 17.9. The number of piperidine rings is 1. The van der Waals surface area contributed by atoms with Gasteiger partial charge in [0.05, 0.1) is 5.69 Å². The summed E-state index contributed by atoms with van der Waals surface area (Å²) in [7, 11) is 0. The molecule has 2 atom stereocenters. The molecule has 0 amide bonds. The number of likely N-dealkylation sites (tertiary alicyclic amines) is 1. The first kappa shape index (κ1) is 17.7. The molecule has 1 aliphatic heterocycles. The number of nitrogens with two attached hydrogens (primary N) is 1. The van der Waals surface area contributed by atoms with Crippen molar-refractivity contribution >= 4 is 5.65 Å². The van der Waals surface area contributed by atoms with E-state index in [1.54, 1.807) is 16.7 Å². The van der Waals surface area contributed by atoms with Gasteiger partial charge in [-0.2, -0.15) is 0 Å². The van der Waals surface area contributed by atoms with E-state index in [1.165, 1.54) is 38.5 Å². The van der Waals surface area contributed by atoms with Crippen molar-refractivity contribution in [1.82, 2.24) is 14.3 Å². The lowest BCUT2D eigenvalue weighted by atomic mass is 9.86. The van der Waals surface area contributed by atoms with Gasteiger partial charge >= 0.3 is 0 Å². The van der Waals surface area contributed by atoms with Crippen LogP contribution in [0.2, 0.25) is 0 Å². The highest BCUT2D eigenvalue weighted by molar-refractivity contribution is 5.37. The summed E-state index contributed by atoms with van der Waals surface area (Å²) in [5, 5.41) is 0. The van der Waals surface area contributed by atoms with E-state index in [0.29, 0.717) is 12.0 Å². The van der Waals surface area contributed by atoms with Gasteiger partial charge in [-0.1, -0.05) is 18.9 Å². The third kappa shape index (κ3) is 3.99. The molecule has 0 spiro atoms. The van der Waals surface area contributed by atoms with Gasteiger partial charge in [-0.3, -0.25) is 14.1 Å². The Morgan fingerprint density at radius 1 is 1.19 bits per heavy atom. The molecule has 1 saturated carbocycles. The van der Waals surface area contributed by atoms with Gasteiger partial charge in [0.2, 0.25) is 0 Å². The second-order valence-corrected chi connectivity index (χ2v) is 8.20. The lowest BCUT2D eigenvalue weighted by molar-refractivity contribution is 0.149. The fourth-order valence-corrected chi connectivity index (χ4v) is 4.86. The molecule has 0 aromatic carbocycles. The summed E-state index contributed by atoms with van der Waals surface area (Å²) in [6.45, 7) is 2.93. The molecular weight excluding hydrogens is 324 g/mol. The van der Waals surface area contributed by atoms with Crippen molar-refractivity contribution in [1.29, 1.82) is 0 Å². The van der Waals surface area contributed by atoms with E-state index < -0.39 is 0 Å². The molecule has 1 aliphatic carbocycles. The summed E-state index contributed by atoms with van der Waals surface area (Å²) in [5.41, 5.74) is 8.12. The van der Waals surface area contributed by atoms with Crippen molar-refractivity contribution in [3.8, 4) is 0 Å². The van der Waals surface area contributed by atoms with Crippen LogP contribution in [-0.2, 0) is 6.54 Å². The zero-order valence-corrected chi connectivity index (χ0v) is 15.5. The van der Waals surface area contributed by atoms with Crippen LogP contribution in [0, 0.1) is 11.8 Å². The summed E-state index contributed by atoms with van der Waals surface area (Å²) in [6.07, 6.45) is 10.8. The highest BCUT2D eigenvalue weighted by Crippen LogP contribution is 2.31. The van der Waals surface area contributed by atoms with E-state index in [1.807, 2.05) is 18.2 Å². The van der Waals surface area contributed by atoms with E-state index in [2.05, 4.69) is 9.88 Å². The van der Waals surface area contributed by atoms with Crippen molar-refractivity contribution in [3.63, 3.8) is 0 Å². The van der Waals surface area contributed by atoms with Crippen molar-refractivity contribution < 1.29 is 0 Å². The average Bonchev–Trinajstić information content (AvgIpc) is 3.17. The highest BCUT2D eigenvalue weighted by Gasteiger charge is 2.27. The molecular formula is C21H30N4O. The molecule has 2 aromatic rings. The Hall–Kier alpha value is -1.72. The highest BCUT2D eigenvalue weighted by atomic mass is 16.1. The van der Waals surface area contributed by atoms with E-state index >= 15 is 0 Å². The second-order valence-electron chi connectivity index (χ2n) is 8.20. The van der Waals surface area contributed by atoms with Crippen LogP contribution in [0.25, 0.3) is 5.65 Å². The Bertz CT molecular complexity index is 796. The summed E-state index contributed by atoms with van der Waals surface area (Å²) < 4.78 is 1.60. The fourth-order valence-electron chi connectivity index (χ4n) is 4.86. The lowest BCUT2D eigenvalue weighted by Crippen LogP contribution is -2.39. The van der Waals surface area contributed by atoms with Gasteiger partial charge in [-0.25, -0.2) is 4.98 Å². The second kappa shape index (κ2) is 7.89. The van der Waals surface area contributed by atoms with Crippen molar-refractivity contribution in [3.05, 3.63) is 46.5 Å². The van der Waals surface area contributed by atoms with Crippen molar-refractivity contribution in [2.75, 3.05) is 13.1 Å². The zero-order valence-electron chi connectivity index (χ0n) is 15.5. The van der Waals surface area contributed by atoms with Crippen LogP contribution in [0.3, 0.4) is 0 Å². The molecule has 140 valence electrons. The minimum Gasteiger partial charge on any atom is -0.327 e. The Morgan fingerprint density at radius 3 is 2.88 bits per heavy atom. The Morgan fingerprint density at radius 2 is 2.04 bits per heavy atom. The molecule has 2 aromatic heterocycles. The Kier molecular flexibility index (Phi) is 5.36. The monoisotopic (exact) mass is 354 g/mol. The lowest BCUT2D eigenvalue weighted by Gasteiger charge is -2.34. The molecule has 4 rings (SSSR count). The van der Waals surface area contributed by atoms with Gasteiger partial charge in [0.15, 0.2) is 0 Å². The molecule has 1 saturated heterocycles. The minimum absolute atomic E-state index is 0.00224. The largest absolute Gasteiger partial charge is 0.327 e. The van der Waals surface area contributed by atoms with Crippen LogP contribution >= 0.6 is 0 Å².